The SMILES string of the molecule is CCC1(C(=O)c2c[nH]c3ccc(C#N)cc23)CCCC1. The Labute approximate surface area is 118 Å². The first-order valence-corrected chi connectivity index (χ1v) is 7.26. The average molecular weight is 266 g/mol. The van der Waals surface area contributed by atoms with E-state index in [4.69, 9.17) is 5.26 Å². The van der Waals surface area contributed by atoms with Crippen molar-refractivity contribution >= 4 is 16.7 Å². The van der Waals surface area contributed by atoms with Crippen molar-refractivity contribution in [2.45, 2.75) is 39.0 Å². The molecule has 1 aromatic heterocycles. The van der Waals surface area contributed by atoms with Gasteiger partial charge in [-0.05, 0) is 37.5 Å². The van der Waals surface area contributed by atoms with Crippen molar-refractivity contribution in [2.75, 3.05) is 0 Å². The maximum Gasteiger partial charge on any atom is 0.171 e. The Bertz CT molecular complexity index is 699. The number of hydrogen-bond donors (Lipinski definition) is 1. The quantitative estimate of drug-likeness (QED) is 0.847. The molecule has 1 saturated carbocycles. The summed E-state index contributed by atoms with van der Waals surface area (Å²) in [6.07, 6.45) is 6.98. The topological polar surface area (TPSA) is 56.6 Å². The summed E-state index contributed by atoms with van der Waals surface area (Å²) in [6, 6.07) is 7.61. The van der Waals surface area contributed by atoms with Crippen LogP contribution in [-0.2, 0) is 0 Å². The monoisotopic (exact) mass is 266 g/mol. The van der Waals surface area contributed by atoms with Crippen molar-refractivity contribution in [3.8, 4) is 6.07 Å². The standard InChI is InChI=1S/C17H18N2O/c1-2-17(7-3-4-8-17)16(20)14-11-19-15-6-5-12(10-18)9-13(14)15/h5-6,9,11,19H,2-4,7-8H2,1H3. The van der Waals surface area contributed by atoms with E-state index < -0.39 is 0 Å². The van der Waals surface area contributed by atoms with Crippen LogP contribution in [0.1, 0.15) is 54.9 Å². The van der Waals surface area contributed by atoms with Gasteiger partial charge in [-0.25, -0.2) is 0 Å². The van der Waals surface area contributed by atoms with E-state index in [2.05, 4.69) is 18.0 Å². The molecule has 1 aliphatic carbocycles. The first-order valence-electron chi connectivity index (χ1n) is 7.26. The van der Waals surface area contributed by atoms with Gasteiger partial charge in [0.15, 0.2) is 5.78 Å². The molecule has 0 saturated heterocycles. The number of aromatic nitrogens is 1. The molecule has 0 aliphatic heterocycles. The number of Topliss-reactive ketones (excluding diaryl/α,β-unsaturated/α-hetero) is 1. The minimum absolute atomic E-state index is 0.183. The number of nitriles is 1. The highest BCUT2D eigenvalue weighted by Crippen LogP contribution is 2.44. The first-order chi connectivity index (χ1) is 9.70. The highest BCUT2D eigenvalue weighted by atomic mass is 16.1. The largest absolute Gasteiger partial charge is 0.360 e. The molecule has 0 unspecified atom stereocenters. The van der Waals surface area contributed by atoms with Crippen molar-refractivity contribution < 1.29 is 4.79 Å². The van der Waals surface area contributed by atoms with E-state index in [0.717, 1.165) is 48.6 Å². The molecule has 1 N–H and O–H groups in total. The molecule has 1 fully saturated rings. The molecule has 0 amide bonds. The fourth-order valence-electron chi connectivity index (χ4n) is 3.46. The van der Waals surface area contributed by atoms with Crippen LogP contribution in [0.3, 0.4) is 0 Å². The molecule has 2 aromatic rings. The van der Waals surface area contributed by atoms with E-state index in [-0.39, 0.29) is 11.2 Å². The maximum absolute atomic E-state index is 13.0. The van der Waals surface area contributed by atoms with Crippen molar-refractivity contribution in [3.63, 3.8) is 0 Å². The predicted octanol–water partition coefficient (Wildman–Crippen LogP) is 4.19. The lowest BCUT2D eigenvalue weighted by molar-refractivity contribution is 0.0793. The molecule has 102 valence electrons. The molecule has 3 nitrogen and oxygen atoms in total. The van der Waals surface area contributed by atoms with Crippen LogP contribution >= 0.6 is 0 Å². The number of aromatic amines is 1. The van der Waals surface area contributed by atoms with Crippen molar-refractivity contribution in [2.24, 2.45) is 5.41 Å². The smallest absolute Gasteiger partial charge is 0.171 e. The number of nitrogens with one attached hydrogen (secondary N) is 1. The molecule has 0 radical (unpaired) electrons. The van der Waals surface area contributed by atoms with E-state index in [1.807, 2.05) is 18.3 Å². The average Bonchev–Trinajstić information content (AvgIpc) is 3.13. The number of fused-ring (bicyclic) bond motifs is 1. The Kier molecular flexibility index (Phi) is 3.10. The number of carbonyl (C=O) groups is 1. The van der Waals surface area contributed by atoms with Gasteiger partial charge >= 0.3 is 0 Å². The van der Waals surface area contributed by atoms with Crippen LogP contribution in [0.25, 0.3) is 10.9 Å². The fraction of sp³-hybridized carbons (Fsp3) is 0.412. The highest BCUT2D eigenvalue weighted by Gasteiger charge is 2.40. The second-order valence-electron chi connectivity index (χ2n) is 5.74. The Hall–Kier alpha value is -2.08. The molecular weight excluding hydrogens is 248 g/mol. The Morgan fingerprint density at radius 2 is 2.15 bits per heavy atom. The minimum Gasteiger partial charge on any atom is -0.360 e. The van der Waals surface area contributed by atoms with Crippen LogP contribution in [0.4, 0.5) is 0 Å². The van der Waals surface area contributed by atoms with Crippen LogP contribution in [0.2, 0.25) is 0 Å². The Morgan fingerprint density at radius 1 is 1.40 bits per heavy atom. The van der Waals surface area contributed by atoms with Crippen LogP contribution < -0.4 is 0 Å². The van der Waals surface area contributed by atoms with Crippen molar-refractivity contribution in [1.29, 1.82) is 5.26 Å². The van der Waals surface area contributed by atoms with E-state index in [1.165, 1.54) is 0 Å². The zero-order chi connectivity index (χ0) is 14.2. The number of rotatable bonds is 3. The zero-order valence-electron chi connectivity index (χ0n) is 11.7. The lowest BCUT2D eigenvalue weighted by atomic mass is 9.76. The van der Waals surface area contributed by atoms with Gasteiger partial charge in [0.2, 0.25) is 0 Å². The van der Waals surface area contributed by atoms with Gasteiger partial charge < -0.3 is 4.98 Å². The Balaban J connectivity index is 2.10. The van der Waals surface area contributed by atoms with Gasteiger partial charge in [0.1, 0.15) is 0 Å². The van der Waals surface area contributed by atoms with Gasteiger partial charge in [-0.15, -0.1) is 0 Å². The summed E-state index contributed by atoms with van der Waals surface area (Å²) in [6.45, 7) is 2.11. The van der Waals surface area contributed by atoms with Gasteiger partial charge in [0.25, 0.3) is 0 Å². The summed E-state index contributed by atoms with van der Waals surface area (Å²) < 4.78 is 0. The number of nitrogens with zero attached hydrogens (tertiary/aromatic N) is 1. The van der Waals surface area contributed by atoms with E-state index in [1.54, 1.807) is 6.07 Å². The number of benzene rings is 1. The number of carbonyl (C=O) groups excluding carboxylic acids is 1. The summed E-state index contributed by atoms with van der Waals surface area (Å²) in [4.78, 5) is 16.1. The van der Waals surface area contributed by atoms with Crippen LogP contribution in [0, 0.1) is 16.7 Å². The molecule has 1 heterocycles. The summed E-state index contributed by atoms with van der Waals surface area (Å²) in [7, 11) is 0. The van der Waals surface area contributed by atoms with Gasteiger partial charge in [-0.2, -0.15) is 5.26 Å². The van der Waals surface area contributed by atoms with E-state index in [9.17, 15) is 4.79 Å². The van der Waals surface area contributed by atoms with Crippen molar-refractivity contribution in [1.82, 2.24) is 4.98 Å². The van der Waals surface area contributed by atoms with Crippen molar-refractivity contribution in [3.05, 3.63) is 35.5 Å². The summed E-state index contributed by atoms with van der Waals surface area (Å²) in [5, 5.41) is 9.91. The second kappa shape index (κ2) is 4.79. The number of H-pyrrole nitrogens is 1. The molecule has 0 bridgehead atoms. The Morgan fingerprint density at radius 3 is 2.80 bits per heavy atom. The summed E-state index contributed by atoms with van der Waals surface area (Å²) in [5.41, 5.74) is 2.10. The molecule has 0 atom stereocenters. The van der Waals surface area contributed by atoms with Gasteiger partial charge in [-0.3, -0.25) is 4.79 Å². The zero-order valence-corrected chi connectivity index (χ0v) is 11.7. The van der Waals surface area contributed by atoms with E-state index >= 15 is 0 Å². The lowest BCUT2D eigenvalue weighted by Crippen LogP contribution is -2.27. The summed E-state index contributed by atoms with van der Waals surface area (Å²) in [5.74, 6) is 0.249. The van der Waals surface area contributed by atoms with Gasteiger partial charge in [-0.1, -0.05) is 19.8 Å². The van der Waals surface area contributed by atoms with Crippen LogP contribution in [0.5, 0.6) is 0 Å². The first kappa shape index (κ1) is 12.9. The number of hydrogen-bond acceptors (Lipinski definition) is 2. The number of ketones is 1. The highest BCUT2D eigenvalue weighted by molar-refractivity contribution is 6.10. The van der Waals surface area contributed by atoms with Crippen LogP contribution in [0.15, 0.2) is 24.4 Å². The third kappa shape index (κ3) is 1.84. The van der Waals surface area contributed by atoms with Crippen LogP contribution in [-0.4, -0.2) is 10.8 Å². The maximum atomic E-state index is 13.0. The predicted molar refractivity (Wildman–Crippen MR) is 78.5 cm³/mol. The van der Waals surface area contributed by atoms with E-state index in [0.29, 0.717) is 5.56 Å². The molecule has 0 spiro atoms. The molecule has 1 aromatic carbocycles. The minimum atomic E-state index is -0.183. The molecule has 3 heteroatoms. The third-order valence-corrected chi connectivity index (χ3v) is 4.77. The summed E-state index contributed by atoms with van der Waals surface area (Å²) >= 11 is 0. The molecular formula is C17H18N2O. The second-order valence-corrected chi connectivity index (χ2v) is 5.74. The normalized spacial score (nSPS) is 17.2. The van der Waals surface area contributed by atoms with Gasteiger partial charge in [0.05, 0.1) is 11.6 Å². The molecule has 3 rings (SSSR count). The third-order valence-electron chi connectivity index (χ3n) is 4.77. The van der Waals surface area contributed by atoms with Gasteiger partial charge in [0, 0.05) is 28.1 Å². The lowest BCUT2D eigenvalue weighted by Gasteiger charge is -2.25. The molecule has 1 aliphatic rings. The fourth-order valence-corrected chi connectivity index (χ4v) is 3.46. The molecule has 20 heavy (non-hydrogen) atoms.